The van der Waals surface area contributed by atoms with E-state index in [0.29, 0.717) is 6.04 Å². The van der Waals surface area contributed by atoms with E-state index in [9.17, 15) is 0 Å². The predicted octanol–water partition coefficient (Wildman–Crippen LogP) is 4.15. The summed E-state index contributed by atoms with van der Waals surface area (Å²) in [6, 6.07) is 0.610. The number of unbranched alkanes of at least 4 members (excludes halogenated alkanes) is 3. The second-order valence-corrected chi connectivity index (χ2v) is 5.66. The fourth-order valence-corrected chi connectivity index (χ4v) is 2.60. The zero-order valence-electron chi connectivity index (χ0n) is 11.5. The van der Waals surface area contributed by atoms with Gasteiger partial charge in [0, 0.05) is 18.0 Å². The van der Waals surface area contributed by atoms with Crippen molar-refractivity contribution in [2.75, 3.05) is 0 Å². The van der Waals surface area contributed by atoms with E-state index in [0.717, 1.165) is 13.0 Å². The zero-order chi connectivity index (χ0) is 12.5. The first-order chi connectivity index (χ1) is 8.26. The molecule has 0 aromatic carbocycles. The Bertz CT molecular complexity index is 296. The highest BCUT2D eigenvalue weighted by molar-refractivity contribution is 7.09. The predicted molar refractivity (Wildman–Crippen MR) is 76.6 cm³/mol. The molecule has 0 bridgehead atoms. The van der Waals surface area contributed by atoms with Gasteiger partial charge < -0.3 is 5.32 Å². The van der Waals surface area contributed by atoms with Gasteiger partial charge in [-0.25, -0.2) is 4.98 Å². The normalized spacial score (nSPS) is 12.9. The number of nitrogens with one attached hydrogen (secondary N) is 1. The largest absolute Gasteiger partial charge is 0.309 e. The van der Waals surface area contributed by atoms with Crippen LogP contribution in [0.1, 0.15) is 63.6 Å². The second kappa shape index (κ2) is 8.65. The van der Waals surface area contributed by atoms with Crippen molar-refractivity contribution in [3.63, 3.8) is 0 Å². The molecule has 0 amide bonds. The summed E-state index contributed by atoms with van der Waals surface area (Å²) in [6.07, 6.45) is 7.75. The number of thiazole rings is 1. The van der Waals surface area contributed by atoms with Crippen LogP contribution >= 0.6 is 11.3 Å². The fraction of sp³-hybridized carbons (Fsp3) is 0.786. The van der Waals surface area contributed by atoms with Crippen molar-refractivity contribution in [3.8, 4) is 0 Å². The molecule has 0 saturated carbocycles. The van der Waals surface area contributed by atoms with Gasteiger partial charge >= 0.3 is 0 Å². The molecule has 1 atom stereocenters. The van der Waals surface area contributed by atoms with Crippen LogP contribution in [0.2, 0.25) is 0 Å². The molecule has 0 aliphatic carbocycles. The van der Waals surface area contributed by atoms with Gasteiger partial charge in [0.1, 0.15) is 0 Å². The van der Waals surface area contributed by atoms with Gasteiger partial charge in [0.2, 0.25) is 0 Å². The fourth-order valence-electron chi connectivity index (χ4n) is 1.85. The summed E-state index contributed by atoms with van der Waals surface area (Å²) in [7, 11) is 0. The molecule has 98 valence electrons. The maximum Gasteiger partial charge on any atom is 0.0926 e. The average molecular weight is 254 g/mol. The van der Waals surface area contributed by atoms with E-state index in [2.05, 4.69) is 36.5 Å². The third kappa shape index (κ3) is 6.18. The summed E-state index contributed by atoms with van der Waals surface area (Å²) in [5.74, 6) is 0. The van der Waals surface area contributed by atoms with Gasteiger partial charge in [0.25, 0.3) is 0 Å². The van der Waals surface area contributed by atoms with Crippen molar-refractivity contribution in [2.45, 2.75) is 71.9 Å². The molecule has 3 heteroatoms. The number of aryl methyl sites for hydroxylation is 1. The lowest BCUT2D eigenvalue weighted by Gasteiger charge is -2.12. The molecule has 1 N–H and O–H groups in total. The van der Waals surface area contributed by atoms with Crippen molar-refractivity contribution in [2.24, 2.45) is 0 Å². The van der Waals surface area contributed by atoms with Gasteiger partial charge in [-0.3, -0.25) is 0 Å². The molecule has 0 aliphatic rings. The molecule has 1 heterocycles. The number of hydrogen-bond acceptors (Lipinski definition) is 3. The minimum atomic E-state index is 0.610. The summed E-state index contributed by atoms with van der Waals surface area (Å²) in [6.45, 7) is 7.62. The SMILES string of the molecule is CCCCCCC(C)NCc1csc(CC)n1. The molecule has 0 radical (unpaired) electrons. The quantitative estimate of drug-likeness (QED) is 0.670. The van der Waals surface area contributed by atoms with Crippen molar-refractivity contribution in [3.05, 3.63) is 16.1 Å². The van der Waals surface area contributed by atoms with E-state index in [1.165, 1.54) is 42.8 Å². The maximum atomic E-state index is 4.57. The Morgan fingerprint density at radius 1 is 1.29 bits per heavy atom. The highest BCUT2D eigenvalue weighted by atomic mass is 32.1. The number of hydrogen-bond donors (Lipinski definition) is 1. The van der Waals surface area contributed by atoms with E-state index < -0.39 is 0 Å². The lowest BCUT2D eigenvalue weighted by atomic mass is 10.1. The van der Waals surface area contributed by atoms with Crippen LogP contribution in [-0.4, -0.2) is 11.0 Å². The molecule has 1 aromatic rings. The van der Waals surface area contributed by atoms with Gasteiger partial charge in [-0.1, -0.05) is 39.5 Å². The Balaban J connectivity index is 2.12. The molecule has 1 unspecified atom stereocenters. The topological polar surface area (TPSA) is 24.9 Å². The molecule has 0 saturated heterocycles. The van der Waals surface area contributed by atoms with Crippen molar-refractivity contribution >= 4 is 11.3 Å². The first-order valence-corrected chi connectivity index (χ1v) is 7.80. The first-order valence-electron chi connectivity index (χ1n) is 6.92. The van der Waals surface area contributed by atoms with E-state index in [-0.39, 0.29) is 0 Å². The lowest BCUT2D eigenvalue weighted by molar-refractivity contribution is 0.480. The van der Waals surface area contributed by atoms with Gasteiger partial charge in [-0.05, 0) is 19.8 Å². The van der Waals surface area contributed by atoms with Crippen LogP contribution in [0, 0.1) is 0 Å². The number of nitrogens with zero attached hydrogens (tertiary/aromatic N) is 1. The molecule has 0 spiro atoms. The van der Waals surface area contributed by atoms with E-state index in [1.807, 2.05) is 0 Å². The molecule has 2 nitrogen and oxygen atoms in total. The molecular weight excluding hydrogens is 228 g/mol. The van der Waals surface area contributed by atoms with Crippen LogP contribution in [0.3, 0.4) is 0 Å². The average Bonchev–Trinajstić information content (AvgIpc) is 2.80. The Kier molecular flexibility index (Phi) is 7.45. The zero-order valence-corrected chi connectivity index (χ0v) is 12.3. The Hall–Kier alpha value is -0.410. The summed E-state index contributed by atoms with van der Waals surface area (Å²) < 4.78 is 0. The highest BCUT2D eigenvalue weighted by Gasteiger charge is 2.04. The maximum absolute atomic E-state index is 4.57. The van der Waals surface area contributed by atoms with Gasteiger partial charge in [-0.2, -0.15) is 0 Å². The Labute approximate surface area is 110 Å². The third-order valence-electron chi connectivity index (χ3n) is 3.02. The van der Waals surface area contributed by atoms with Crippen LogP contribution in [0.5, 0.6) is 0 Å². The molecule has 0 aliphatic heterocycles. The Morgan fingerprint density at radius 2 is 2.12 bits per heavy atom. The standard InChI is InChI=1S/C14H26N2S/c1-4-6-7-8-9-12(3)15-10-13-11-17-14(5-2)16-13/h11-12,15H,4-10H2,1-3H3. The van der Waals surface area contributed by atoms with E-state index in [1.54, 1.807) is 11.3 Å². The van der Waals surface area contributed by atoms with Crippen molar-refractivity contribution in [1.82, 2.24) is 10.3 Å². The van der Waals surface area contributed by atoms with Crippen LogP contribution in [-0.2, 0) is 13.0 Å². The van der Waals surface area contributed by atoms with E-state index >= 15 is 0 Å². The van der Waals surface area contributed by atoms with Crippen molar-refractivity contribution < 1.29 is 0 Å². The number of rotatable bonds is 9. The highest BCUT2D eigenvalue weighted by Crippen LogP contribution is 2.11. The van der Waals surface area contributed by atoms with Crippen molar-refractivity contribution in [1.29, 1.82) is 0 Å². The van der Waals surface area contributed by atoms with Crippen LogP contribution in [0.25, 0.3) is 0 Å². The number of aromatic nitrogens is 1. The lowest BCUT2D eigenvalue weighted by Crippen LogP contribution is -2.25. The van der Waals surface area contributed by atoms with Gasteiger partial charge in [0.05, 0.1) is 10.7 Å². The minimum absolute atomic E-state index is 0.610. The van der Waals surface area contributed by atoms with Crippen LogP contribution in [0.4, 0.5) is 0 Å². The summed E-state index contributed by atoms with van der Waals surface area (Å²) >= 11 is 1.77. The summed E-state index contributed by atoms with van der Waals surface area (Å²) in [4.78, 5) is 4.57. The van der Waals surface area contributed by atoms with Crippen LogP contribution < -0.4 is 5.32 Å². The first kappa shape index (κ1) is 14.7. The second-order valence-electron chi connectivity index (χ2n) is 4.72. The van der Waals surface area contributed by atoms with Gasteiger partial charge in [-0.15, -0.1) is 11.3 Å². The van der Waals surface area contributed by atoms with Crippen LogP contribution in [0.15, 0.2) is 5.38 Å². The third-order valence-corrected chi connectivity index (χ3v) is 4.07. The molecule has 17 heavy (non-hydrogen) atoms. The molecule has 1 rings (SSSR count). The van der Waals surface area contributed by atoms with E-state index in [4.69, 9.17) is 0 Å². The monoisotopic (exact) mass is 254 g/mol. The minimum Gasteiger partial charge on any atom is -0.309 e. The smallest absolute Gasteiger partial charge is 0.0926 e. The summed E-state index contributed by atoms with van der Waals surface area (Å²) in [5.41, 5.74) is 1.20. The molecule has 1 aromatic heterocycles. The molecular formula is C14H26N2S. The van der Waals surface area contributed by atoms with Gasteiger partial charge in [0.15, 0.2) is 0 Å². The summed E-state index contributed by atoms with van der Waals surface area (Å²) in [5, 5.41) is 6.98. The molecule has 0 fully saturated rings. The Morgan fingerprint density at radius 3 is 2.76 bits per heavy atom.